The third-order valence-electron chi connectivity index (χ3n) is 16.0. The van der Waals surface area contributed by atoms with Crippen molar-refractivity contribution in [2.45, 2.75) is 354 Å². The zero-order valence-corrected chi connectivity index (χ0v) is 47.8. The maximum absolute atomic E-state index is 12.5. The molecule has 0 aromatic heterocycles. The molecule has 1 unspecified atom stereocenters. The Bertz CT molecular complexity index is 1120. The SMILES string of the molecule is CCCCCCCCCCCCCCCCCCCCCCCCC/C=C/CCCCCCCCCCCCCCCCCCCCCCCCCCCCCC1CC(=O)OCC(CO)(CO)COC1=O. The van der Waals surface area contributed by atoms with Gasteiger partial charge in [0.2, 0.25) is 0 Å². The molecule has 1 aliphatic heterocycles. The molecule has 1 atom stereocenters. The van der Waals surface area contributed by atoms with E-state index in [-0.39, 0.29) is 19.6 Å². The summed E-state index contributed by atoms with van der Waals surface area (Å²) in [6.07, 6.45) is 78.7. The van der Waals surface area contributed by atoms with Gasteiger partial charge in [0, 0.05) is 0 Å². The lowest BCUT2D eigenvalue weighted by atomic mass is 9.92. The summed E-state index contributed by atoms with van der Waals surface area (Å²) in [7, 11) is 0. The van der Waals surface area contributed by atoms with Crippen LogP contribution in [0.4, 0.5) is 0 Å². The van der Waals surface area contributed by atoms with E-state index in [2.05, 4.69) is 19.1 Å². The maximum Gasteiger partial charge on any atom is 0.309 e. The fraction of sp³-hybridized carbons (Fsp3) is 0.938. The van der Waals surface area contributed by atoms with Crippen LogP contribution in [0.3, 0.4) is 0 Å². The Morgan fingerprint density at radius 1 is 0.366 bits per heavy atom. The van der Waals surface area contributed by atoms with Crippen LogP contribution < -0.4 is 0 Å². The molecule has 6 nitrogen and oxygen atoms in total. The maximum atomic E-state index is 12.5. The third kappa shape index (κ3) is 46.8. The molecule has 71 heavy (non-hydrogen) atoms. The molecule has 0 saturated carbocycles. The van der Waals surface area contributed by atoms with Crippen LogP contribution in [-0.2, 0) is 19.1 Å². The van der Waals surface area contributed by atoms with Crippen LogP contribution in [0.1, 0.15) is 354 Å². The zero-order chi connectivity index (χ0) is 51.1. The summed E-state index contributed by atoms with van der Waals surface area (Å²) in [4.78, 5) is 24.7. The highest BCUT2D eigenvalue weighted by molar-refractivity contribution is 5.80. The number of rotatable bonds is 56. The minimum atomic E-state index is -1.12. The van der Waals surface area contributed by atoms with Crippen molar-refractivity contribution in [3.8, 4) is 0 Å². The molecule has 2 N–H and O–H groups in total. The number of aliphatic hydroxyl groups is 2. The number of esters is 2. The Kier molecular flexibility index (Phi) is 52.2. The smallest absolute Gasteiger partial charge is 0.309 e. The van der Waals surface area contributed by atoms with E-state index >= 15 is 0 Å². The first kappa shape index (κ1) is 67.6. The van der Waals surface area contributed by atoms with Gasteiger partial charge < -0.3 is 19.7 Å². The number of allylic oxidation sites excluding steroid dienone is 2. The van der Waals surface area contributed by atoms with Crippen molar-refractivity contribution in [3.63, 3.8) is 0 Å². The minimum absolute atomic E-state index is 0.00463. The molecule has 0 spiro atoms. The second-order valence-corrected chi connectivity index (χ2v) is 23.1. The second-order valence-electron chi connectivity index (χ2n) is 23.1. The molecule has 0 aromatic carbocycles. The summed E-state index contributed by atoms with van der Waals surface area (Å²) in [5.41, 5.74) is -1.12. The van der Waals surface area contributed by atoms with Gasteiger partial charge in [-0.15, -0.1) is 0 Å². The van der Waals surface area contributed by atoms with Gasteiger partial charge in [0.25, 0.3) is 0 Å². The number of aliphatic hydroxyl groups excluding tert-OH is 2. The van der Waals surface area contributed by atoms with Crippen molar-refractivity contribution in [3.05, 3.63) is 12.2 Å². The summed E-state index contributed by atoms with van der Waals surface area (Å²) >= 11 is 0. The number of carbonyl (C=O) groups excluding carboxylic acids is 2. The fourth-order valence-electron chi connectivity index (χ4n) is 10.8. The van der Waals surface area contributed by atoms with Crippen molar-refractivity contribution in [2.24, 2.45) is 11.3 Å². The number of unbranched alkanes of at least 4 members (excludes halogenated alkanes) is 50. The van der Waals surface area contributed by atoms with Crippen LogP contribution in [0, 0.1) is 11.3 Å². The molecule has 0 radical (unpaired) electrons. The van der Waals surface area contributed by atoms with Gasteiger partial charge in [-0.1, -0.05) is 327 Å². The van der Waals surface area contributed by atoms with Gasteiger partial charge in [-0.2, -0.15) is 0 Å². The van der Waals surface area contributed by atoms with Crippen molar-refractivity contribution in [2.75, 3.05) is 26.4 Å². The highest BCUT2D eigenvalue weighted by Crippen LogP contribution is 2.25. The van der Waals surface area contributed by atoms with Crippen LogP contribution in [0.15, 0.2) is 12.2 Å². The normalized spacial score (nSPS) is 15.3. The number of carbonyl (C=O) groups is 2. The first-order valence-corrected chi connectivity index (χ1v) is 32.3. The molecule has 1 fully saturated rings. The Morgan fingerprint density at radius 2 is 0.606 bits per heavy atom. The van der Waals surface area contributed by atoms with Crippen LogP contribution in [0.2, 0.25) is 0 Å². The third-order valence-corrected chi connectivity index (χ3v) is 16.0. The number of hydrogen-bond donors (Lipinski definition) is 2. The van der Waals surface area contributed by atoms with Gasteiger partial charge in [-0.3, -0.25) is 9.59 Å². The molecular weight excluding hydrogens is 877 g/mol. The number of ether oxygens (including phenoxy) is 2. The van der Waals surface area contributed by atoms with Crippen LogP contribution in [-0.4, -0.2) is 48.6 Å². The highest BCUT2D eigenvalue weighted by atomic mass is 16.6. The molecule has 1 saturated heterocycles. The minimum Gasteiger partial charge on any atom is -0.465 e. The van der Waals surface area contributed by atoms with Gasteiger partial charge in [-0.25, -0.2) is 0 Å². The molecule has 420 valence electrons. The molecule has 1 rings (SSSR count). The zero-order valence-electron chi connectivity index (χ0n) is 47.8. The molecule has 0 aromatic rings. The van der Waals surface area contributed by atoms with Gasteiger partial charge in [-0.05, 0) is 32.1 Å². The van der Waals surface area contributed by atoms with E-state index < -0.39 is 36.5 Å². The summed E-state index contributed by atoms with van der Waals surface area (Å²) in [5.74, 6) is -1.40. The van der Waals surface area contributed by atoms with Crippen molar-refractivity contribution < 1.29 is 29.3 Å². The highest BCUT2D eigenvalue weighted by Gasteiger charge is 2.36. The summed E-state index contributed by atoms with van der Waals surface area (Å²) in [5, 5.41) is 19.2. The average molecular weight is 1000 g/mol. The Morgan fingerprint density at radius 3 is 0.873 bits per heavy atom. The van der Waals surface area contributed by atoms with E-state index in [0.29, 0.717) is 6.42 Å². The van der Waals surface area contributed by atoms with Crippen molar-refractivity contribution in [1.29, 1.82) is 0 Å². The average Bonchev–Trinajstić information content (AvgIpc) is 3.44. The molecule has 6 heteroatoms. The Labute approximate surface area is 443 Å². The molecule has 0 bridgehead atoms. The summed E-state index contributed by atoms with van der Waals surface area (Å²) in [6, 6.07) is 0. The van der Waals surface area contributed by atoms with E-state index in [4.69, 9.17) is 9.47 Å². The molecule has 1 heterocycles. The van der Waals surface area contributed by atoms with E-state index in [0.717, 1.165) is 19.3 Å². The predicted octanol–water partition coefficient (Wildman–Crippen LogP) is 20.3. The number of hydrogen-bond acceptors (Lipinski definition) is 6. The lowest BCUT2D eigenvalue weighted by Gasteiger charge is -2.27. The van der Waals surface area contributed by atoms with Crippen molar-refractivity contribution in [1.82, 2.24) is 0 Å². The van der Waals surface area contributed by atoms with Crippen LogP contribution in [0.25, 0.3) is 0 Å². The van der Waals surface area contributed by atoms with E-state index in [1.807, 2.05) is 0 Å². The summed E-state index contributed by atoms with van der Waals surface area (Å²) in [6.45, 7) is 1.21. The van der Waals surface area contributed by atoms with E-state index in [1.165, 1.54) is 315 Å². The Balaban J connectivity index is 1.68. The van der Waals surface area contributed by atoms with Crippen LogP contribution in [0.5, 0.6) is 0 Å². The lowest BCUT2D eigenvalue weighted by molar-refractivity contribution is -0.155. The van der Waals surface area contributed by atoms with Gasteiger partial charge in [0.15, 0.2) is 0 Å². The second kappa shape index (κ2) is 54.8. The van der Waals surface area contributed by atoms with E-state index in [9.17, 15) is 19.8 Å². The monoisotopic (exact) mass is 1000 g/mol. The van der Waals surface area contributed by atoms with Crippen molar-refractivity contribution >= 4 is 11.9 Å². The quantitative estimate of drug-likeness (QED) is 0.0358. The first-order chi connectivity index (χ1) is 35.1. The van der Waals surface area contributed by atoms with E-state index in [1.54, 1.807) is 0 Å². The molecular formula is C65H124O6. The predicted molar refractivity (Wildman–Crippen MR) is 306 cm³/mol. The topological polar surface area (TPSA) is 93.1 Å². The van der Waals surface area contributed by atoms with Crippen LogP contribution >= 0.6 is 0 Å². The number of cyclic esters (lactones) is 2. The van der Waals surface area contributed by atoms with Gasteiger partial charge >= 0.3 is 11.9 Å². The largest absolute Gasteiger partial charge is 0.465 e. The Hall–Kier alpha value is -1.40. The molecule has 1 aliphatic rings. The fourth-order valence-corrected chi connectivity index (χ4v) is 10.8. The van der Waals surface area contributed by atoms with Gasteiger partial charge in [0.05, 0.1) is 31.0 Å². The molecule has 0 aliphatic carbocycles. The molecule has 0 amide bonds. The summed E-state index contributed by atoms with van der Waals surface area (Å²) < 4.78 is 10.6. The first-order valence-electron chi connectivity index (χ1n) is 32.3. The standard InChI is InChI=1S/C65H124O6/c1-2-3-4-5-6-7-8-9-10-11-12-13-14-15-16-17-18-19-20-21-22-23-24-25-26-27-28-29-30-31-32-33-34-35-36-37-38-39-40-41-42-43-44-45-46-47-48-49-50-51-52-53-54-55-56-62-57-63(68)70-60-65(58-66,59-67)61-71-64(62)69/h26-27,62,66-67H,2-25,28-61H2,1H3/b27-26+. The lowest BCUT2D eigenvalue weighted by Crippen LogP contribution is -2.40. The van der Waals surface area contributed by atoms with Gasteiger partial charge in [0.1, 0.15) is 13.2 Å².